The van der Waals surface area contributed by atoms with Crippen LogP contribution in [-0.4, -0.2) is 34.0 Å². The van der Waals surface area contributed by atoms with Crippen LogP contribution in [0.2, 0.25) is 0 Å². The zero-order valence-corrected chi connectivity index (χ0v) is 14.0. The molecule has 0 aromatic heterocycles. The van der Waals surface area contributed by atoms with Gasteiger partial charge in [-0.05, 0) is 39.8 Å². The first-order valence-corrected chi connectivity index (χ1v) is 7.41. The molecule has 0 heterocycles. The second kappa shape index (κ2) is 7.26. The fraction of sp³-hybridized carbons (Fsp3) is 0.471. The van der Waals surface area contributed by atoms with Gasteiger partial charge in [0.2, 0.25) is 5.91 Å². The third kappa shape index (κ3) is 6.95. The smallest absolute Gasteiger partial charge is 0.305 e. The highest BCUT2D eigenvalue weighted by atomic mass is 16.4. The molecular weight excluding hydrogens is 296 g/mol. The van der Waals surface area contributed by atoms with Crippen molar-refractivity contribution in [2.75, 3.05) is 0 Å². The molecule has 126 valence electrons. The van der Waals surface area contributed by atoms with Crippen LogP contribution in [0.3, 0.4) is 0 Å². The van der Waals surface area contributed by atoms with E-state index in [1.807, 2.05) is 6.07 Å². The number of carbonyl (C=O) groups is 3. The largest absolute Gasteiger partial charge is 0.481 e. The lowest BCUT2D eigenvalue weighted by Gasteiger charge is -2.29. The number of hydrogen-bond acceptors (Lipinski definition) is 3. The van der Waals surface area contributed by atoms with Crippen molar-refractivity contribution in [2.24, 2.45) is 0 Å². The van der Waals surface area contributed by atoms with Gasteiger partial charge in [-0.15, -0.1) is 0 Å². The van der Waals surface area contributed by atoms with E-state index in [9.17, 15) is 14.4 Å². The second-order valence-electron chi connectivity index (χ2n) is 6.88. The van der Waals surface area contributed by atoms with Crippen molar-refractivity contribution in [2.45, 2.75) is 51.6 Å². The number of carboxylic acid groups (broad SMARTS) is 1. The van der Waals surface area contributed by atoms with Crippen molar-refractivity contribution in [1.82, 2.24) is 10.6 Å². The SMILES string of the molecule is CC(C)(CC(=O)O)NC(=O)CC(C)(C)NC(=O)c1ccccc1. The van der Waals surface area contributed by atoms with Crippen molar-refractivity contribution in [1.29, 1.82) is 0 Å². The molecule has 23 heavy (non-hydrogen) atoms. The van der Waals surface area contributed by atoms with E-state index in [-0.39, 0.29) is 24.7 Å². The van der Waals surface area contributed by atoms with Crippen molar-refractivity contribution in [3.05, 3.63) is 35.9 Å². The molecule has 1 aromatic carbocycles. The minimum atomic E-state index is -0.980. The van der Waals surface area contributed by atoms with Crippen LogP contribution in [0.5, 0.6) is 0 Å². The van der Waals surface area contributed by atoms with E-state index in [4.69, 9.17) is 5.11 Å². The van der Waals surface area contributed by atoms with Crippen LogP contribution in [0.25, 0.3) is 0 Å². The van der Waals surface area contributed by atoms with Crippen LogP contribution in [0, 0.1) is 0 Å². The maximum atomic E-state index is 12.2. The van der Waals surface area contributed by atoms with Gasteiger partial charge in [0.05, 0.1) is 6.42 Å². The molecule has 0 fully saturated rings. The first kappa shape index (κ1) is 18.7. The molecular formula is C17H24N2O4. The maximum Gasteiger partial charge on any atom is 0.305 e. The van der Waals surface area contributed by atoms with E-state index in [1.165, 1.54) is 0 Å². The van der Waals surface area contributed by atoms with E-state index >= 15 is 0 Å². The molecule has 2 amide bonds. The molecule has 1 rings (SSSR count). The summed E-state index contributed by atoms with van der Waals surface area (Å²) < 4.78 is 0. The normalized spacial score (nSPS) is 11.7. The zero-order chi connectivity index (χ0) is 17.7. The summed E-state index contributed by atoms with van der Waals surface area (Å²) in [7, 11) is 0. The van der Waals surface area contributed by atoms with Gasteiger partial charge in [0.1, 0.15) is 0 Å². The van der Waals surface area contributed by atoms with Gasteiger partial charge in [-0.25, -0.2) is 0 Å². The topological polar surface area (TPSA) is 95.5 Å². The van der Waals surface area contributed by atoms with Crippen LogP contribution >= 0.6 is 0 Å². The highest BCUT2D eigenvalue weighted by Crippen LogP contribution is 2.13. The molecule has 0 aliphatic carbocycles. The van der Waals surface area contributed by atoms with Gasteiger partial charge in [0.25, 0.3) is 5.91 Å². The lowest BCUT2D eigenvalue weighted by Crippen LogP contribution is -2.51. The van der Waals surface area contributed by atoms with Crippen molar-refractivity contribution >= 4 is 17.8 Å². The Morgan fingerprint density at radius 2 is 1.43 bits per heavy atom. The van der Waals surface area contributed by atoms with Gasteiger partial charge in [-0.2, -0.15) is 0 Å². The van der Waals surface area contributed by atoms with E-state index in [0.29, 0.717) is 5.56 Å². The summed E-state index contributed by atoms with van der Waals surface area (Å²) in [5.74, 6) is -1.55. The summed E-state index contributed by atoms with van der Waals surface area (Å²) in [4.78, 5) is 35.0. The number of carbonyl (C=O) groups excluding carboxylic acids is 2. The standard InChI is InChI=1S/C17H24N2O4/c1-16(2,19-15(23)12-8-6-5-7-9-12)10-13(20)18-17(3,4)11-14(21)22/h5-9H,10-11H2,1-4H3,(H,18,20)(H,19,23)(H,21,22). The van der Waals surface area contributed by atoms with Crippen LogP contribution < -0.4 is 10.6 Å². The average Bonchev–Trinajstić information content (AvgIpc) is 2.35. The van der Waals surface area contributed by atoms with Crippen molar-refractivity contribution < 1.29 is 19.5 Å². The van der Waals surface area contributed by atoms with Gasteiger partial charge in [0, 0.05) is 23.1 Å². The molecule has 0 saturated carbocycles. The number of benzene rings is 1. The summed E-state index contributed by atoms with van der Waals surface area (Å²) in [5, 5.41) is 14.3. The van der Waals surface area contributed by atoms with Crippen LogP contribution in [0.4, 0.5) is 0 Å². The number of nitrogens with one attached hydrogen (secondary N) is 2. The summed E-state index contributed by atoms with van der Waals surface area (Å²) in [6, 6.07) is 8.74. The number of amides is 2. The van der Waals surface area contributed by atoms with E-state index < -0.39 is 17.0 Å². The lowest BCUT2D eigenvalue weighted by atomic mass is 9.96. The van der Waals surface area contributed by atoms with Gasteiger partial charge in [-0.1, -0.05) is 18.2 Å². The summed E-state index contributed by atoms with van der Waals surface area (Å²) in [5.41, 5.74) is -1.08. The minimum Gasteiger partial charge on any atom is -0.481 e. The third-order valence-electron chi connectivity index (χ3n) is 3.16. The van der Waals surface area contributed by atoms with Crippen molar-refractivity contribution in [3.8, 4) is 0 Å². The molecule has 0 saturated heterocycles. The highest BCUT2D eigenvalue weighted by molar-refractivity contribution is 5.95. The van der Waals surface area contributed by atoms with Gasteiger partial charge >= 0.3 is 5.97 Å². The van der Waals surface area contributed by atoms with Crippen LogP contribution in [0.1, 0.15) is 50.9 Å². The summed E-state index contributed by atoms with van der Waals surface area (Å²) in [6.45, 7) is 6.79. The Kier molecular flexibility index (Phi) is 5.90. The molecule has 6 nitrogen and oxygen atoms in total. The quantitative estimate of drug-likeness (QED) is 0.715. The maximum absolute atomic E-state index is 12.2. The van der Waals surface area contributed by atoms with Crippen molar-refractivity contribution in [3.63, 3.8) is 0 Å². The Hall–Kier alpha value is -2.37. The molecule has 0 bridgehead atoms. The Bertz CT molecular complexity index is 580. The van der Waals surface area contributed by atoms with E-state index in [1.54, 1.807) is 52.0 Å². The molecule has 0 aliphatic heterocycles. The van der Waals surface area contributed by atoms with Gasteiger partial charge in [-0.3, -0.25) is 14.4 Å². The summed E-state index contributed by atoms with van der Waals surface area (Å²) in [6.07, 6.45) is -0.121. The fourth-order valence-corrected chi connectivity index (χ4v) is 2.26. The number of hydrogen-bond donors (Lipinski definition) is 3. The average molecular weight is 320 g/mol. The Labute approximate surface area is 136 Å². The Morgan fingerprint density at radius 1 is 0.913 bits per heavy atom. The fourth-order valence-electron chi connectivity index (χ4n) is 2.26. The molecule has 0 spiro atoms. The predicted molar refractivity (Wildman–Crippen MR) is 87.1 cm³/mol. The van der Waals surface area contributed by atoms with Gasteiger partial charge < -0.3 is 15.7 Å². The van der Waals surface area contributed by atoms with Crippen LogP contribution in [-0.2, 0) is 9.59 Å². The molecule has 0 radical (unpaired) electrons. The van der Waals surface area contributed by atoms with Gasteiger partial charge in [0.15, 0.2) is 0 Å². The number of aliphatic carboxylic acids is 1. The van der Waals surface area contributed by atoms with E-state index in [0.717, 1.165) is 0 Å². The summed E-state index contributed by atoms with van der Waals surface area (Å²) >= 11 is 0. The lowest BCUT2D eigenvalue weighted by molar-refractivity contribution is -0.138. The minimum absolute atomic E-state index is 0.0502. The van der Waals surface area contributed by atoms with Crippen LogP contribution in [0.15, 0.2) is 30.3 Å². The van der Waals surface area contributed by atoms with E-state index in [2.05, 4.69) is 10.6 Å². The number of carboxylic acids is 1. The second-order valence-corrected chi connectivity index (χ2v) is 6.88. The first-order valence-electron chi connectivity index (χ1n) is 7.41. The Morgan fingerprint density at radius 3 is 1.96 bits per heavy atom. The molecule has 0 aliphatic rings. The molecule has 1 aromatic rings. The monoisotopic (exact) mass is 320 g/mol. The number of rotatable bonds is 7. The zero-order valence-electron chi connectivity index (χ0n) is 14.0. The molecule has 3 N–H and O–H groups in total. The molecule has 0 atom stereocenters. The molecule has 0 unspecified atom stereocenters. The highest BCUT2D eigenvalue weighted by Gasteiger charge is 2.29. The Balaban J connectivity index is 2.62. The molecule has 6 heteroatoms. The predicted octanol–water partition coefficient (Wildman–Crippen LogP) is 1.95. The third-order valence-corrected chi connectivity index (χ3v) is 3.16. The first-order chi connectivity index (χ1) is 10.5.